The number of aromatic amines is 1. The number of nitrogens with zero attached hydrogens (tertiary/aromatic N) is 2. The molecule has 0 radical (unpaired) electrons. The molecule has 1 aromatic heterocycles. The average molecular weight is 657 g/mol. The number of fused-ring (bicyclic) bond motifs is 1. The summed E-state index contributed by atoms with van der Waals surface area (Å²) in [6, 6.07) is 24.6. The van der Waals surface area contributed by atoms with E-state index in [-0.39, 0.29) is 34.9 Å². The molecule has 2 fully saturated rings. The molecule has 47 heavy (non-hydrogen) atoms. The third-order valence-electron chi connectivity index (χ3n) is 9.24. The summed E-state index contributed by atoms with van der Waals surface area (Å²) in [6.45, 7) is 8.76. The zero-order chi connectivity index (χ0) is 33.3. The zero-order valence-corrected chi connectivity index (χ0v) is 28.3. The SMILES string of the molecule is Cc1ccccc1-c1cc2ccc(S(=O)(=O)NC3CCC(C(=O)N4CCN(C(=O)OC(C)(C)C)CC4c4ccccc4)CC3)cc2[nH]1. The Balaban J connectivity index is 1.10. The van der Waals surface area contributed by atoms with Crippen molar-refractivity contribution in [2.24, 2.45) is 5.92 Å². The van der Waals surface area contributed by atoms with Crippen LogP contribution in [0.5, 0.6) is 0 Å². The number of rotatable bonds is 6. The number of amides is 2. The molecule has 1 unspecified atom stereocenters. The Kier molecular flexibility index (Phi) is 9.18. The van der Waals surface area contributed by atoms with Crippen molar-refractivity contribution in [3.8, 4) is 11.3 Å². The zero-order valence-electron chi connectivity index (χ0n) is 27.5. The highest BCUT2D eigenvalue weighted by molar-refractivity contribution is 7.89. The maximum absolute atomic E-state index is 14.0. The minimum atomic E-state index is -3.76. The number of H-pyrrole nitrogens is 1. The molecule has 1 saturated heterocycles. The average Bonchev–Trinajstić information content (AvgIpc) is 3.48. The number of piperazine rings is 1. The van der Waals surface area contributed by atoms with Crippen LogP contribution in [-0.2, 0) is 19.6 Å². The number of hydrogen-bond acceptors (Lipinski definition) is 5. The number of sulfonamides is 1. The van der Waals surface area contributed by atoms with Gasteiger partial charge in [0.05, 0.1) is 10.9 Å². The lowest BCUT2D eigenvalue weighted by atomic mass is 9.85. The smallest absolute Gasteiger partial charge is 0.410 e. The fourth-order valence-corrected chi connectivity index (χ4v) is 8.10. The molecular formula is C37H44N4O5S. The van der Waals surface area contributed by atoms with E-state index in [1.54, 1.807) is 17.0 Å². The Bertz CT molecular complexity index is 1860. The maximum Gasteiger partial charge on any atom is 0.410 e. The molecule has 4 aromatic rings. The molecule has 2 amide bonds. The molecule has 2 N–H and O–H groups in total. The number of ether oxygens (including phenoxy) is 1. The van der Waals surface area contributed by atoms with E-state index in [4.69, 9.17) is 4.74 Å². The largest absolute Gasteiger partial charge is 0.444 e. The van der Waals surface area contributed by atoms with Gasteiger partial charge in [0, 0.05) is 53.8 Å². The monoisotopic (exact) mass is 656 g/mol. The Hall–Kier alpha value is -4.15. The molecule has 6 rings (SSSR count). The van der Waals surface area contributed by atoms with Crippen molar-refractivity contribution in [1.29, 1.82) is 0 Å². The predicted molar refractivity (Wildman–Crippen MR) is 183 cm³/mol. The summed E-state index contributed by atoms with van der Waals surface area (Å²) < 4.78 is 35.5. The van der Waals surface area contributed by atoms with E-state index < -0.39 is 15.6 Å². The van der Waals surface area contributed by atoms with Gasteiger partial charge < -0.3 is 19.5 Å². The van der Waals surface area contributed by atoms with Gasteiger partial charge in [-0.05, 0) is 82.7 Å². The second kappa shape index (κ2) is 13.2. The van der Waals surface area contributed by atoms with Gasteiger partial charge >= 0.3 is 6.09 Å². The molecule has 0 bridgehead atoms. The number of benzene rings is 3. The fourth-order valence-electron chi connectivity index (χ4n) is 6.77. The van der Waals surface area contributed by atoms with E-state index in [0.717, 1.165) is 33.3 Å². The molecule has 1 aliphatic carbocycles. The van der Waals surface area contributed by atoms with E-state index in [1.165, 1.54) is 0 Å². The lowest BCUT2D eigenvalue weighted by Gasteiger charge is -2.43. The first-order valence-corrected chi connectivity index (χ1v) is 17.9. The summed E-state index contributed by atoms with van der Waals surface area (Å²) in [6.07, 6.45) is 1.96. The van der Waals surface area contributed by atoms with Crippen molar-refractivity contribution >= 4 is 32.9 Å². The van der Waals surface area contributed by atoms with Crippen LogP contribution in [0.15, 0.2) is 83.8 Å². The Morgan fingerprint density at radius 1 is 0.894 bits per heavy atom. The van der Waals surface area contributed by atoms with Crippen LogP contribution in [0.25, 0.3) is 22.2 Å². The second-order valence-corrected chi connectivity index (χ2v) is 15.5. The Labute approximate surface area is 277 Å². The van der Waals surface area contributed by atoms with E-state index in [1.807, 2.05) is 86.3 Å². The molecule has 248 valence electrons. The van der Waals surface area contributed by atoms with Crippen molar-refractivity contribution in [2.45, 2.75) is 76.0 Å². The van der Waals surface area contributed by atoms with Gasteiger partial charge in [0.1, 0.15) is 5.60 Å². The molecule has 3 aromatic carbocycles. The summed E-state index contributed by atoms with van der Waals surface area (Å²) in [5.74, 6) is -0.143. The van der Waals surface area contributed by atoms with E-state index in [9.17, 15) is 18.0 Å². The van der Waals surface area contributed by atoms with Crippen LogP contribution in [-0.4, -0.2) is 66.5 Å². The van der Waals surface area contributed by atoms with Gasteiger partial charge in [-0.3, -0.25) is 4.79 Å². The Morgan fingerprint density at radius 2 is 1.60 bits per heavy atom. The maximum atomic E-state index is 14.0. The van der Waals surface area contributed by atoms with Crippen LogP contribution in [0.4, 0.5) is 4.79 Å². The van der Waals surface area contributed by atoms with E-state index >= 15 is 0 Å². The van der Waals surface area contributed by atoms with Crippen LogP contribution < -0.4 is 4.72 Å². The van der Waals surface area contributed by atoms with Gasteiger partial charge in [-0.2, -0.15) is 0 Å². The van der Waals surface area contributed by atoms with Gasteiger partial charge in [-0.1, -0.05) is 60.7 Å². The number of hydrogen-bond donors (Lipinski definition) is 2. The third kappa shape index (κ3) is 7.39. The van der Waals surface area contributed by atoms with Gasteiger partial charge in [0.2, 0.25) is 15.9 Å². The molecule has 2 heterocycles. The van der Waals surface area contributed by atoms with E-state index in [0.29, 0.717) is 45.3 Å². The fraction of sp³-hybridized carbons (Fsp3) is 0.405. The number of nitrogens with one attached hydrogen (secondary N) is 2. The molecule has 2 aliphatic rings. The summed E-state index contributed by atoms with van der Waals surface area (Å²) in [4.78, 5) is 34.1. The second-order valence-electron chi connectivity index (χ2n) is 13.8. The van der Waals surface area contributed by atoms with Crippen LogP contribution in [0, 0.1) is 12.8 Å². The third-order valence-corrected chi connectivity index (χ3v) is 10.8. The minimum Gasteiger partial charge on any atom is -0.444 e. The molecule has 9 nitrogen and oxygen atoms in total. The first-order valence-electron chi connectivity index (χ1n) is 16.4. The highest BCUT2D eigenvalue weighted by Crippen LogP contribution is 2.34. The highest BCUT2D eigenvalue weighted by Gasteiger charge is 2.39. The summed E-state index contributed by atoms with van der Waals surface area (Å²) in [5.41, 5.74) is 4.30. The Morgan fingerprint density at radius 3 is 2.30 bits per heavy atom. The summed E-state index contributed by atoms with van der Waals surface area (Å²) in [5, 5.41) is 0.946. The van der Waals surface area contributed by atoms with Crippen LogP contribution in [0.2, 0.25) is 0 Å². The molecule has 10 heteroatoms. The van der Waals surface area contributed by atoms with Crippen molar-refractivity contribution in [1.82, 2.24) is 19.5 Å². The van der Waals surface area contributed by atoms with Crippen LogP contribution >= 0.6 is 0 Å². The standard InChI is InChI=1S/C37H44N4O5S/c1-25-10-8-9-13-31(25)33-22-28-16-19-30(23-32(28)38-33)47(44,45)39-29-17-14-27(15-18-29)35(42)41-21-20-40(36(43)46-37(2,3)4)24-34(41)26-11-6-5-7-12-26/h5-13,16,19,22-23,27,29,34,38-39H,14-15,17-18,20-21,24H2,1-4H3. The molecule has 1 saturated carbocycles. The van der Waals surface area contributed by atoms with Crippen LogP contribution in [0.1, 0.15) is 63.6 Å². The summed E-state index contributed by atoms with van der Waals surface area (Å²) in [7, 11) is -3.76. The molecule has 1 atom stereocenters. The van der Waals surface area contributed by atoms with E-state index in [2.05, 4.69) is 22.7 Å². The molecular weight excluding hydrogens is 612 g/mol. The van der Waals surface area contributed by atoms with Crippen molar-refractivity contribution < 1.29 is 22.7 Å². The predicted octanol–water partition coefficient (Wildman–Crippen LogP) is 6.80. The van der Waals surface area contributed by atoms with Crippen molar-refractivity contribution in [3.63, 3.8) is 0 Å². The number of aromatic nitrogens is 1. The first kappa shape index (κ1) is 32.8. The highest BCUT2D eigenvalue weighted by atomic mass is 32.2. The van der Waals surface area contributed by atoms with Gasteiger partial charge in [0.15, 0.2) is 0 Å². The lowest BCUT2D eigenvalue weighted by molar-refractivity contribution is -0.142. The van der Waals surface area contributed by atoms with Gasteiger partial charge in [-0.15, -0.1) is 0 Å². The number of aryl methyl sites for hydroxylation is 1. The van der Waals surface area contributed by atoms with Gasteiger partial charge in [-0.25, -0.2) is 17.9 Å². The number of carbonyl (C=O) groups is 2. The van der Waals surface area contributed by atoms with Crippen molar-refractivity contribution in [2.75, 3.05) is 19.6 Å². The summed E-state index contributed by atoms with van der Waals surface area (Å²) >= 11 is 0. The van der Waals surface area contributed by atoms with Crippen LogP contribution in [0.3, 0.4) is 0 Å². The quantitative estimate of drug-likeness (QED) is 0.237. The molecule has 1 aliphatic heterocycles. The lowest BCUT2D eigenvalue weighted by Crippen LogP contribution is -2.54. The topological polar surface area (TPSA) is 112 Å². The normalized spacial score (nSPS) is 20.7. The first-order chi connectivity index (χ1) is 22.4. The van der Waals surface area contributed by atoms with Gasteiger partial charge in [0.25, 0.3) is 0 Å². The number of carbonyl (C=O) groups excluding carboxylic acids is 2. The minimum absolute atomic E-state index is 0.0608. The molecule has 0 spiro atoms. The van der Waals surface area contributed by atoms with Crippen molar-refractivity contribution in [3.05, 3.63) is 90.0 Å².